The van der Waals surface area contributed by atoms with Crippen molar-refractivity contribution in [2.45, 2.75) is 64.5 Å². The number of benzene rings is 1. The van der Waals surface area contributed by atoms with Gasteiger partial charge in [0.1, 0.15) is 5.69 Å². The lowest BCUT2D eigenvalue weighted by Gasteiger charge is -2.63. The standard InChI is InChI=1S/C23H29ClN4O/c1-14(21(26)20-17(24)5-4-6-18(20)27-3)7-19(29)28-15-8-22(2)9-16(28)11-23(10-15,12-22)13-25/h4-6,14-16,26-27H,7-12H2,1-3H3/p+1. The fourth-order valence-electron chi connectivity index (χ4n) is 6.47. The molecule has 2 heterocycles. The van der Waals surface area contributed by atoms with E-state index >= 15 is 0 Å². The third-order valence-corrected chi connectivity index (χ3v) is 7.70. The van der Waals surface area contributed by atoms with E-state index in [1.165, 1.54) is 0 Å². The first-order chi connectivity index (χ1) is 13.7. The van der Waals surface area contributed by atoms with Crippen molar-refractivity contribution >= 4 is 28.9 Å². The van der Waals surface area contributed by atoms with Gasteiger partial charge in [-0.25, -0.2) is 0 Å². The molecule has 0 radical (unpaired) electrons. The molecule has 3 unspecified atom stereocenters. The van der Waals surface area contributed by atoms with E-state index in [0.717, 1.165) is 43.4 Å². The first kappa shape index (κ1) is 20.4. The van der Waals surface area contributed by atoms with E-state index in [2.05, 4.69) is 17.9 Å². The predicted molar refractivity (Wildman–Crippen MR) is 113 cm³/mol. The maximum absolute atomic E-state index is 13.3. The Kier molecular flexibility index (Phi) is 4.99. The lowest BCUT2D eigenvalue weighted by atomic mass is 9.50. The second-order valence-corrected chi connectivity index (χ2v) is 10.2. The largest absolute Gasteiger partial charge is 0.337 e. The average molecular weight is 414 g/mol. The molecule has 4 bridgehead atoms. The summed E-state index contributed by atoms with van der Waals surface area (Å²) in [5, 5.41) is 21.0. The van der Waals surface area contributed by atoms with Crippen LogP contribution in [0.5, 0.6) is 0 Å². The Balaban J connectivity index is 1.51. The minimum Gasteiger partial charge on any atom is -0.337 e. The zero-order valence-electron chi connectivity index (χ0n) is 17.5. The van der Waals surface area contributed by atoms with E-state index < -0.39 is 0 Å². The molecule has 2 saturated heterocycles. The number of hydrogen-bond donors (Lipinski definition) is 2. The summed E-state index contributed by atoms with van der Waals surface area (Å²) in [7, 11) is 1.93. The Bertz CT molecular complexity index is 889. The van der Waals surface area contributed by atoms with E-state index in [9.17, 15) is 10.1 Å². The molecule has 3 atom stereocenters. The summed E-state index contributed by atoms with van der Waals surface area (Å²) in [6, 6.07) is 8.59. The van der Waals surface area contributed by atoms with Crippen LogP contribution in [0.2, 0.25) is 5.02 Å². The van der Waals surface area contributed by atoms with Crippen LogP contribution in [-0.4, -0.2) is 35.7 Å². The number of carbonyl (C=O) groups is 1. The molecule has 4 fully saturated rings. The van der Waals surface area contributed by atoms with E-state index in [4.69, 9.17) is 17.0 Å². The van der Waals surface area contributed by atoms with Gasteiger partial charge in [-0.05, 0) is 49.7 Å². The second kappa shape index (κ2) is 7.11. The van der Waals surface area contributed by atoms with Gasteiger partial charge in [-0.2, -0.15) is 5.26 Å². The summed E-state index contributed by atoms with van der Waals surface area (Å²) in [6.07, 6.45) is 4.93. The number of amides is 1. The molecule has 1 aromatic rings. The molecule has 1 aromatic carbocycles. The highest BCUT2D eigenvalue weighted by atomic mass is 35.5. The minimum atomic E-state index is -0.237. The zero-order valence-corrected chi connectivity index (χ0v) is 18.2. The number of nitrogens with zero attached hydrogens (tertiary/aromatic N) is 2. The number of nitrogens with one attached hydrogen (secondary N) is 1. The normalized spacial score (nSPS) is 33.4. The molecular weight excluding hydrogens is 384 g/mol. The maximum Gasteiger partial charge on any atom is 0.223 e. The van der Waals surface area contributed by atoms with Gasteiger partial charge in [-0.15, -0.1) is 0 Å². The predicted octanol–water partition coefficient (Wildman–Crippen LogP) is 3.63. The average Bonchev–Trinajstić information content (AvgIpc) is 2.65. The van der Waals surface area contributed by atoms with Gasteiger partial charge in [0.15, 0.2) is 0 Å². The zero-order chi connectivity index (χ0) is 21.0. The van der Waals surface area contributed by atoms with Gasteiger partial charge in [-0.1, -0.05) is 31.5 Å². The van der Waals surface area contributed by atoms with Gasteiger partial charge in [-0.3, -0.25) is 4.79 Å². The molecule has 0 aromatic heterocycles. The van der Waals surface area contributed by atoms with Crippen LogP contribution in [0, 0.1) is 33.5 Å². The van der Waals surface area contributed by atoms with Crippen LogP contribution in [0.25, 0.3) is 0 Å². The lowest BCUT2D eigenvalue weighted by Crippen LogP contribution is -2.73. The Morgan fingerprint density at radius 3 is 2.62 bits per heavy atom. The molecular formula is C23H30ClN4O+. The summed E-state index contributed by atoms with van der Waals surface area (Å²) in [4.78, 5) is 15.4. The topological polar surface area (TPSA) is 84.6 Å². The molecule has 5 nitrogen and oxygen atoms in total. The number of halogens is 1. The van der Waals surface area contributed by atoms with Crippen molar-refractivity contribution in [1.82, 2.24) is 4.90 Å². The molecule has 154 valence electrons. The van der Waals surface area contributed by atoms with Gasteiger partial charge in [0.2, 0.25) is 5.91 Å². The second-order valence-electron chi connectivity index (χ2n) is 9.82. The van der Waals surface area contributed by atoms with Crippen molar-refractivity contribution in [3.8, 4) is 6.07 Å². The fraction of sp³-hybridized carbons (Fsp3) is 0.609. The highest BCUT2D eigenvalue weighted by Crippen LogP contribution is 2.61. The van der Waals surface area contributed by atoms with Gasteiger partial charge in [0.05, 0.1) is 29.1 Å². The van der Waals surface area contributed by atoms with Crippen molar-refractivity contribution in [3.63, 3.8) is 0 Å². The Labute approximate surface area is 177 Å². The van der Waals surface area contributed by atoms with Gasteiger partial charge in [0, 0.05) is 30.1 Å². The molecule has 0 spiro atoms. The summed E-state index contributed by atoms with van der Waals surface area (Å²) in [5.41, 5.74) is 2.04. The number of nitriles is 1. The number of carbonyl (C=O) groups excluding carboxylic acids is 1. The van der Waals surface area contributed by atoms with Crippen molar-refractivity contribution in [3.05, 3.63) is 28.8 Å². The SMILES string of the molecule is C[NH2+]c1cccc(Cl)c1C(=N)C(C)CC(=O)N1C2CC3(C)CC1CC(C#N)(C2)C3. The molecule has 4 aliphatic rings. The maximum atomic E-state index is 13.3. The van der Waals surface area contributed by atoms with Crippen molar-refractivity contribution in [1.29, 1.82) is 10.7 Å². The minimum absolute atomic E-state index is 0.127. The molecule has 2 aliphatic carbocycles. The third kappa shape index (κ3) is 3.37. The number of nitrogens with two attached hydrogens (primary N) is 1. The Morgan fingerprint density at radius 2 is 2.03 bits per heavy atom. The summed E-state index contributed by atoms with van der Waals surface area (Å²) >= 11 is 6.39. The van der Waals surface area contributed by atoms with Crippen LogP contribution < -0.4 is 5.32 Å². The fourth-order valence-corrected chi connectivity index (χ4v) is 6.75. The smallest absolute Gasteiger partial charge is 0.223 e. The number of piperidine rings is 2. The van der Waals surface area contributed by atoms with Crippen LogP contribution in [0.4, 0.5) is 5.69 Å². The highest BCUT2D eigenvalue weighted by molar-refractivity contribution is 6.34. The molecule has 5 rings (SSSR count). The number of quaternary nitrogens is 1. The molecule has 3 N–H and O–H groups in total. The Morgan fingerprint density at radius 1 is 1.38 bits per heavy atom. The van der Waals surface area contributed by atoms with Crippen LogP contribution in [0.1, 0.15) is 57.9 Å². The first-order valence-electron chi connectivity index (χ1n) is 10.6. The molecule has 29 heavy (non-hydrogen) atoms. The molecule has 6 heteroatoms. The molecule has 2 aliphatic heterocycles. The summed E-state index contributed by atoms with van der Waals surface area (Å²) < 4.78 is 0. The quantitative estimate of drug-likeness (QED) is 0.570. The van der Waals surface area contributed by atoms with E-state index in [-0.39, 0.29) is 34.7 Å². The Hall–Kier alpha value is -1.90. The summed E-state index contributed by atoms with van der Waals surface area (Å²) in [5.74, 6) is -0.0828. The molecule has 2 saturated carbocycles. The van der Waals surface area contributed by atoms with Crippen LogP contribution in [0.15, 0.2) is 18.2 Å². The van der Waals surface area contributed by atoms with Gasteiger partial charge >= 0.3 is 0 Å². The van der Waals surface area contributed by atoms with Crippen molar-refractivity contribution in [2.24, 2.45) is 16.7 Å². The van der Waals surface area contributed by atoms with Crippen molar-refractivity contribution < 1.29 is 10.1 Å². The van der Waals surface area contributed by atoms with Crippen LogP contribution in [0.3, 0.4) is 0 Å². The van der Waals surface area contributed by atoms with Gasteiger partial charge in [0.25, 0.3) is 0 Å². The lowest BCUT2D eigenvalue weighted by molar-refractivity contribution is -0.539. The summed E-state index contributed by atoms with van der Waals surface area (Å²) in [6.45, 7) is 4.23. The first-order valence-corrected chi connectivity index (χ1v) is 11.0. The van der Waals surface area contributed by atoms with E-state index in [1.54, 1.807) is 6.07 Å². The van der Waals surface area contributed by atoms with E-state index in [1.807, 2.05) is 31.4 Å². The number of rotatable bonds is 5. The van der Waals surface area contributed by atoms with Crippen LogP contribution in [-0.2, 0) is 4.79 Å². The van der Waals surface area contributed by atoms with Crippen molar-refractivity contribution in [2.75, 3.05) is 7.05 Å². The monoisotopic (exact) mass is 413 g/mol. The number of hydrogen-bond acceptors (Lipinski definition) is 3. The van der Waals surface area contributed by atoms with Gasteiger partial charge < -0.3 is 15.6 Å². The highest BCUT2D eigenvalue weighted by Gasteiger charge is 2.60. The molecule has 1 amide bonds. The third-order valence-electron chi connectivity index (χ3n) is 7.39. The van der Waals surface area contributed by atoms with E-state index in [0.29, 0.717) is 17.2 Å². The van der Waals surface area contributed by atoms with Crippen LogP contribution >= 0.6 is 11.6 Å².